The number of allylic oxidation sites excluding steroid dienone is 3. The Labute approximate surface area is 163 Å². The number of hydrogen-bond donors (Lipinski definition) is 1. The number of hydrogen-bond acceptors (Lipinski definition) is 6. The van der Waals surface area contributed by atoms with Crippen molar-refractivity contribution in [2.45, 2.75) is 39.0 Å². The summed E-state index contributed by atoms with van der Waals surface area (Å²) in [6.45, 7) is 7.21. The van der Waals surface area contributed by atoms with Crippen molar-refractivity contribution in [1.82, 2.24) is 25.2 Å². The lowest BCUT2D eigenvalue weighted by Crippen LogP contribution is -2.34. The summed E-state index contributed by atoms with van der Waals surface area (Å²) in [5.41, 5.74) is 0.108. The molecule has 2 aromatic rings. The Bertz CT molecular complexity index is 1070. The summed E-state index contributed by atoms with van der Waals surface area (Å²) in [7, 11) is 0. The molecule has 0 saturated heterocycles. The van der Waals surface area contributed by atoms with Gasteiger partial charge in [0.2, 0.25) is 0 Å². The number of H-pyrrole nitrogens is 1. The highest BCUT2D eigenvalue weighted by Gasteiger charge is 2.37. The maximum Gasteiger partial charge on any atom is 0.416 e. The van der Waals surface area contributed by atoms with Crippen LogP contribution in [-0.4, -0.2) is 37.9 Å². The lowest BCUT2D eigenvalue weighted by Gasteiger charge is -2.29. The van der Waals surface area contributed by atoms with Gasteiger partial charge in [-0.25, -0.2) is 9.78 Å². The Morgan fingerprint density at radius 2 is 2.21 bits per heavy atom. The van der Waals surface area contributed by atoms with Gasteiger partial charge in [0, 0.05) is 13.0 Å². The van der Waals surface area contributed by atoms with E-state index in [0.717, 1.165) is 6.08 Å². The third-order valence-corrected chi connectivity index (χ3v) is 4.93. The lowest BCUT2D eigenvalue weighted by atomic mass is 10.00. The van der Waals surface area contributed by atoms with Crippen LogP contribution >= 0.6 is 0 Å². The Hall–Kier alpha value is -3.42. The molecule has 11 heteroatoms. The Morgan fingerprint density at radius 1 is 1.48 bits per heavy atom. The first-order chi connectivity index (χ1) is 13.7. The molecule has 1 atom stereocenters. The summed E-state index contributed by atoms with van der Waals surface area (Å²) >= 11 is 0. The van der Waals surface area contributed by atoms with E-state index in [9.17, 15) is 23.2 Å². The number of aromatic amines is 1. The summed E-state index contributed by atoms with van der Waals surface area (Å²) in [5, 5.41) is 23.3. The predicted octanol–water partition coefficient (Wildman–Crippen LogP) is 2.42. The van der Waals surface area contributed by atoms with Crippen LogP contribution in [0.25, 0.3) is 0 Å². The van der Waals surface area contributed by atoms with Gasteiger partial charge in [0.25, 0.3) is 5.56 Å². The Balaban J connectivity index is 1.89. The van der Waals surface area contributed by atoms with Crippen LogP contribution < -0.4 is 10.5 Å². The molecule has 8 nitrogen and oxygen atoms in total. The number of aromatic nitrogens is 5. The van der Waals surface area contributed by atoms with E-state index < -0.39 is 23.4 Å². The SMILES string of the molecule is C=C(/C(=C\C)C(F)(F)F)C(C)n1nnc2c1CCN(c1cn[nH]c(=O)c1C#N)C2. The third kappa shape index (κ3) is 3.65. The molecule has 1 unspecified atom stereocenters. The van der Waals surface area contributed by atoms with Crippen molar-refractivity contribution in [3.63, 3.8) is 0 Å². The average molecular weight is 405 g/mol. The second kappa shape index (κ2) is 7.54. The second-order valence-electron chi connectivity index (χ2n) is 6.57. The summed E-state index contributed by atoms with van der Waals surface area (Å²) < 4.78 is 41.1. The summed E-state index contributed by atoms with van der Waals surface area (Å²) in [6, 6.07) is 1.13. The van der Waals surface area contributed by atoms with Crippen LogP contribution in [0.15, 0.2) is 34.8 Å². The molecule has 0 bridgehead atoms. The number of halogens is 3. The molecule has 0 saturated carbocycles. The summed E-state index contributed by atoms with van der Waals surface area (Å²) in [5.74, 6) is 0. The van der Waals surface area contributed by atoms with Crippen LogP contribution in [0.5, 0.6) is 0 Å². The second-order valence-corrected chi connectivity index (χ2v) is 6.57. The third-order valence-electron chi connectivity index (χ3n) is 4.93. The molecule has 0 aliphatic carbocycles. The molecule has 29 heavy (non-hydrogen) atoms. The van der Waals surface area contributed by atoms with Crippen LogP contribution in [0.1, 0.15) is 36.8 Å². The molecule has 0 aromatic carbocycles. The molecule has 0 spiro atoms. The fourth-order valence-electron chi connectivity index (χ4n) is 3.39. The molecular formula is C18H18F3N7O. The molecule has 1 aliphatic rings. The predicted molar refractivity (Wildman–Crippen MR) is 98.0 cm³/mol. The molecular weight excluding hydrogens is 387 g/mol. The zero-order valence-electron chi connectivity index (χ0n) is 15.8. The van der Waals surface area contributed by atoms with Crippen LogP contribution in [0, 0.1) is 11.3 Å². The number of rotatable bonds is 4. The molecule has 0 fully saturated rings. The minimum atomic E-state index is -4.50. The van der Waals surface area contributed by atoms with Gasteiger partial charge in [-0.2, -0.15) is 23.5 Å². The van der Waals surface area contributed by atoms with Crippen LogP contribution in [-0.2, 0) is 13.0 Å². The molecule has 2 aromatic heterocycles. The molecule has 3 rings (SSSR count). The number of nitriles is 1. The van der Waals surface area contributed by atoms with Gasteiger partial charge in [-0.3, -0.25) is 4.79 Å². The molecule has 1 N–H and O–H groups in total. The van der Waals surface area contributed by atoms with Crippen molar-refractivity contribution < 1.29 is 13.2 Å². The van der Waals surface area contributed by atoms with Gasteiger partial charge in [0.1, 0.15) is 17.3 Å². The molecule has 152 valence electrons. The number of anilines is 1. The van der Waals surface area contributed by atoms with E-state index in [0.29, 0.717) is 30.0 Å². The first kappa shape index (κ1) is 20.3. The van der Waals surface area contributed by atoms with E-state index in [4.69, 9.17) is 0 Å². The minimum Gasteiger partial charge on any atom is -0.363 e. The zero-order valence-corrected chi connectivity index (χ0v) is 15.8. The highest BCUT2D eigenvalue weighted by atomic mass is 19.4. The van der Waals surface area contributed by atoms with Gasteiger partial charge in [-0.05, 0) is 19.4 Å². The first-order valence-electron chi connectivity index (χ1n) is 8.77. The van der Waals surface area contributed by atoms with Gasteiger partial charge in [-0.1, -0.05) is 17.9 Å². The molecule has 3 heterocycles. The maximum absolute atomic E-state index is 13.2. The largest absolute Gasteiger partial charge is 0.416 e. The van der Waals surface area contributed by atoms with Gasteiger partial charge in [0.15, 0.2) is 0 Å². The molecule has 0 radical (unpaired) electrons. The van der Waals surface area contributed by atoms with Crippen LogP contribution in [0.4, 0.5) is 18.9 Å². The van der Waals surface area contributed by atoms with Crippen LogP contribution in [0.2, 0.25) is 0 Å². The van der Waals surface area contributed by atoms with E-state index in [1.54, 1.807) is 11.8 Å². The molecule has 1 aliphatic heterocycles. The van der Waals surface area contributed by atoms with Crippen molar-refractivity contribution in [2.24, 2.45) is 0 Å². The normalized spacial score (nSPS) is 15.6. The van der Waals surface area contributed by atoms with Gasteiger partial charge in [-0.15, -0.1) is 5.10 Å². The van der Waals surface area contributed by atoms with Crippen molar-refractivity contribution in [3.05, 3.63) is 57.3 Å². The van der Waals surface area contributed by atoms with Crippen molar-refractivity contribution in [3.8, 4) is 6.07 Å². The highest BCUT2D eigenvalue weighted by Crippen LogP contribution is 2.36. The van der Waals surface area contributed by atoms with Crippen LogP contribution in [0.3, 0.4) is 0 Å². The highest BCUT2D eigenvalue weighted by molar-refractivity contribution is 5.57. The topological polar surface area (TPSA) is 103 Å². The lowest BCUT2D eigenvalue weighted by molar-refractivity contribution is -0.0901. The summed E-state index contributed by atoms with van der Waals surface area (Å²) in [6.07, 6.45) is -1.69. The van der Waals surface area contributed by atoms with Crippen molar-refractivity contribution >= 4 is 5.69 Å². The Kier molecular flexibility index (Phi) is 5.28. The van der Waals surface area contributed by atoms with Gasteiger partial charge in [0.05, 0.1) is 35.7 Å². The fraction of sp³-hybridized carbons (Fsp3) is 0.389. The van der Waals surface area contributed by atoms with Gasteiger partial charge >= 0.3 is 6.18 Å². The van der Waals surface area contributed by atoms with E-state index in [1.165, 1.54) is 17.8 Å². The fourth-order valence-corrected chi connectivity index (χ4v) is 3.39. The van der Waals surface area contributed by atoms with E-state index >= 15 is 0 Å². The smallest absolute Gasteiger partial charge is 0.363 e. The van der Waals surface area contributed by atoms with E-state index in [1.807, 2.05) is 6.07 Å². The van der Waals surface area contributed by atoms with E-state index in [2.05, 4.69) is 27.1 Å². The quantitative estimate of drug-likeness (QED) is 0.784. The Morgan fingerprint density at radius 3 is 2.83 bits per heavy atom. The number of nitrogens with zero attached hydrogens (tertiary/aromatic N) is 6. The van der Waals surface area contributed by atoms with Crippen molar-refractivity contribution in [2.75, 3.05) is 11.4 Å². The van der Waals surface area contributed by atoms with Gasteiger partial charge < -0.3 is 4.90 Å². The molecule has 0 amide bonds. The maximum atomic E-state index is 13.2. The standard InChI is InChI=1S/C18H18F3N7O/c1-4-13(18(19,20)21)10(2)11(3)28-15-5-6-27(9-14(15)24-26-28)16-8-23-25-17(29)12(16)7-22/h4,8,11H,2,5-6,9H2,1,3H3,(H,25,29)/b13-4+. The van der Waals surface area contributed by atoms with Crippen molar-refractivity contribution in [1.29, 1.82) is 5.26 Å². The minimum absolute atomic E-state index is 0.0551. The number of nitrogens with one attached hydrogen (secondary N) is 1. The first-order valence-corrected chi connectivity index (χ1v) is 8.77. The summed E-state index contributed by atoms with van der Waals surface area (Å²) in [4.78, 5) is 13.6. The monoisotopic (exact) mass is 405 g/mol. The zero-order chi connectivity index (χ0) is 21.3. The average Bonchev–Trinajstić information content (AvgIpc) is 3.09. The number of alkyl halides is 3. The number of fused-ring (bicyclic) bond motifs is 1. The van der Waals surface area contributed by atoms with E-state index in [-0.39, 0.29) is 17.7 Å².